The van der Waals surface area contributed by atoms with Crippen LogP contribution in [0.15, 0.2) is 18.2 Å². The minimum Gasteiger partial charge on any atom is -0.496 e. The van der Waals surface area contributed by atoms with Gasteiger partial charge in [0.2, 0.25) is 0 Å². The Morgan fingerprint density at radius 1 is 1.38 bits per heavy atom. The molecule has 0 radical (unpaired) electrons. The van der Waals surface area contributed by atoms with Crippen LogP contribution in [-0.4, -0.2) is 20.7 Å². The van der Waals surface area contributed by atoms with Gasteiger partial charge in [-0.1, -0.05) is 19.1 Å². The standard InChI is InChI=1S/C14H21NO/c1-4-11-5-6-13(16-3)12(9-11)14(7-8-14)10-15-2/h5-6,9,15H,4,7-8,10H2,1-3H3. The van der Waals surface area contributed by atoms with Crippen molar-refractivity contribution in [3.63, 3.8) is 0 Å². The summed E-state index contributed by atoms with van der Waals surface area (Å²) in [5, 5.41) is 3.30. The van der Waals surface area contributed by atoms with Crippen LogP contribution >= 0.6 is 0 Å². The van der Waals surface area contributed by atoms with Gasteiger partial charge < -0.3 is 10.1 Å². The summed E-state index contributed by atoms with van der Waals surface area (Å²) in [6.07, 6.45) is 3.64. The summed E-state index contributed by atoms with van der Waals surface area (Å²) >= 11 is 0. The smallest absolute Gasteiger partial charge is 0.122 e. The van der Waals surface area contributed by atoms with E-state index in [2.05, 4.69) is 30.4 Å². The summed E-state index contributed by atoms with van der Waals surface area (Å²) < 4.78 is 5.49. The third kappa shape index (κ3) is 1.94. The summed E-state index contributed by atoms with van der Waals surface area (Å²) in [5.41, 5.74) is 3.13. The number of hydrogen-bond acceptors (Lipinski definition) is 2. The molecule has 1 aromatic carbocycles. The SMILES string of the molecule is CCc1ccc(OC)c(C2(CNC)CC2)c1. The maximum Gasteiger partial charge on any atom is 0.122 e. The monoisotopic (exact) mass is 219 g/mol. The molecule has 0 spiro atoms. The van der Waals surface area contributed by atoms with Gasteiger partial charge in [-0.15, -0.1) is 0 Å². The number of methoxy groups -OCH3 is 1. The first-order valence-electron chi connectivity index (χ1n) is 6.08. The molecule has 2 heteroatoms. The molecule has 1 aliphatic carbocycles. The fraction of sp³-hybridized carbons (Fsp3) is 0.571. The molecule has 1 aromatic rings. The van der Waals surface area contributed by atoms with Gasteiger partial charge >= 0.3 is 0 Å². The number of nitrogens with one attached hydrogen (secondary N) is 1. The van der Waals surface area contributed by atoms with Crippen LogP contribution in [0.3, 0.4) is 0 Å². The van der Waals surface area contributed by atoms with Crippen molar-refractivity contribution >= 4 is 0 Å². The molecule has 1 saturated carbocycles. The molecule has 1 aliphatic rings. The van der Waals surface area contributed by atoms with Crippen LogP contribution < -0.4 is 10.1 Å². The fourth-order valence-electron chi connectivity index (χ4n) is 2.42. The first kappa shape index (κ1) is 11.5. The fourth-order valence-corrected chi connectivity index (χ4v) is 2.42. The van der Waals surface area contributed by atoms with Gasteiger partial charge in [-0.25, -0.2) is 0 Å². The minimum atomic E-state index is 0.339. The van der Waals surface area contributed by atoms with Gasteiger partial charge in [0.05, 0.1) is 7.11 Å². The maximum absolute atomic E-state index is 5.49. The number of ether oxygens (including phenoxy) is 1. The van der Waals surface area contributed by atoms with Crippen molar-refractivity contribution < 1.29 is 4.74 Å². The molecule has 2 nitrogen and oxygen atoms in total. The molecule has 0 atom stereocenters. The Hall–Kier alpha value is -1.02. The molecule has 0 bridgehead atoms. The van der Waals surface area contributed by atoms with Crippen molar-refractivity contribution in [2.45, 2.75) is 31.6 Å². The Balaban J connectivity index is 2.37. The highest BCUT2D eigenvalue weighted by molar-refractivity contribution is 5.46. The highest BCUT2D eigenvalue weighted by Gasteiger charge is 2.45. The van der Waals surface area contributed by atoms with Crippen LogP contribution in [0, 0.1) is 0 Å². The molecule has 0 unspecified atom stereocenters. The van der Waals surface area contributed by atoms with Crippen molar-refractivity contribution in [1.29, 1.82) is 0 Å². The van der Waals surface area contributed by atoms with Gasteiger partial charge in [0.15, 0.2) is 0 Å². The second-order valence-corrected chi connectivity index (χ2v) is 4.70. The van der Waals surface area contributed by atoms with Crippen molar-refractivity contribution in [3.05, 3.63) is 29.3 Å². The average Bonchev–Trinajstić information content (AvgIpc) is 3.09. The second kappa shape index (κ2) is 4.46. The number of hydrogen-bond donors (Lipinski definition) is 1. The molecule has 0 aromatic heterocycles. The lowest BCUT2D eigenvalue weighted by atomic mass is 9.92. The zero-order valence-corrected chi connectivity index (χ0v) is 10.5. The molecular formula is C14H21NO. The molecule has 0 heterocycles. The quantitative estimate of drug-likeness (QED) is 0.821. The van der Waals surface area contributed by atoms with Crippen LogP contribution in [0.25, 0.3) is 0 Å². The van der Waals surface area contributed by atoms with Gasteiger partial charge in [-0.2, -0.15) is 0 Å². The van der Waals surface area contributed by atoms with E-state index in [4.69, 9.17) is 4.74 Å². The van der Waals surface area contributed by atoms with Crippen LogP contribution in [0.5, 0.6) is 5.75 Å². The highest BCUT2D eigenvalue weighted by Crippen LogP contribution is 2.51. The van der Waals surface area contributed by atoms with Crippen molar-refractivity contribution in [1.82, 2.24) is 5.32 Å². The Morgan fingerprint density at radius 3 is 2.62 bits per heavy atom. The van der Waals surface area contributed by atoms with Crippen molar-refractivity contribution in [2.75, 3.05) is 20.7 Å². The van der Waals surface area contributed by atoms with E-state index in [0.717, 1.165) is 18.7 Å². The molecule has 1 N–H and O–H groups in total. The Morgan fingerprint density at radius 2 is 2.12 bits per heavy atom. The van der Waals surface area contributed by atoms with Crippen molar-refractivity contribution in [2.24, 2.45) is 0 Å². The molecule has 88 valence electrons. The normalized spacial score (nSPS) is 17.2. The number of likely N-dealkylation sites (N-methyl/N-ethyl adjacent to an activating group) is 1. The number of benzene rings is 1. The lowest BCUT2D eigenvalue weighted by Gasteiger charge is -2.19. The van der Waals surface area contributed by atoms with E-state index in [1.54, 1.807) is 7.11 Å². The molecule has 16 heavy (non-hydrogen) atoms. The second-order valence-electron chi connectivity index (χ2n) is 4.70. The zero-order chi connectivity index (χ0) is 11.6. The Kier molecular flexibility index (Phi) is 3.20. The van der Waals surface area contributed by atoms with E-state index >= 15 is 0 Å². The summed E-state index contributed by atoms with van der Waals surface area (Å²) in [4.78, 5) is 0. The van der Waals surface area contributed by atoms with E-state index < -0.39 is 0 Å². The van der Waals surface area contributed by atoms with E-state index in [0.29, 0.717) is 5.41 Å². The van der Waals surface area contributed by atoms with E-state index in [1.807, 2.05) is 7.05 Å². The molecule has 2 rings (SSSR count). The lowest BCUT2D eigenvalue weighted by molar-refractivity contribution is 0.402. The van der Waals surface area contributed by atoms with E-state index in [-0.39, 0.29) is 0 Å². The van der Waals surface area contributed by atoms with Gasteiger partial charge in [0.25, 0.3) is 0 Å². The molecule has 0 aliphatic heterocycles. The Labute approximate surface area is 98.0 Å². The topological polar surface area (TPSA) is 21.3 Å². The number of rotatable bonds is 5. The van der Waals surface area contributed by atoms with Crippen LogP contribution in [0.2, 0.25) is 0 Å². The zero-order valence-electron chi connectivity index (χ0n) is 10.5. The maximum atomic E-state index is 5.49. The molecule has 0 amide bonds. The molecular weight excluding hydrogens is 198 g/mol. The molecule has 1 fully saturated rings. The van der Waals surface area contributed by atoms with E-state index in [9.17, 15) is 0 Å². The van der Waals surface area contributed by atoms with Crippen molar-refractivity contribution in [3.8, 4) is 5.75 Å². The van der Waals surface area contributed by atoms with Crippen LogP contribution in [0.4, 0.5) is 0 Å². The van der Waals surface area contributed by atoms with Crippen LogP contribution in [0.1, 0.15) is 30.9 Å². The number of aryl methyl sites for hydroxylation is 1. The third-order valence-corrected chi connectivity index (χ3v) is 3.61. The predicted molar refractivity (Wildman–Crippen MR) is 67.2 cm³/mol. The van der Waals surface area contributed by atoms with E-state index in [1.165, 1.54) is 24.0 Å². The summed E-state index contributed by atoms with van der Waals surface area (Å²) in [5.74, 6) is 1.05. The highest BCUT2D eigenvalue weighted by atomic mass is 16.5. The first-order valence-corrected chi connectivity index (χ1v) is 6.08. The van der Waals surface area contributed by atoms with Crippen LogP contribution in [-0.2, 0) is 11.8 Å². The minimum absolute atomic E-state index is 0.339. The van der Waals surface area contributed by atoms with Gasteiger partial charge in [-0.3, -0.25) is 0 Å². The lowest BCUT2D eigenvalue weighted by Crippen LogP contribution is -2.24. The third-order valence-electron chi connectivity index (χ3n) is 3.61. The predicted octanol–water partition coefficient (Wildman–Crippen LogP) is 2.51. The summed E-state index contributed by atoms with van der Waals surface area (Å²) in [7, 11) is 3.79. The first-order chi connectivity index (χ1) is 7.75. The summed E-state index contributed by atoms with van der Waals surface area (Å²) in [6, 6.07) is 6.60. The largest absolute Gasteiger partial charge is 0.496 e. The average molecular weight is 219 g/mol. The molecule has 0 saturated heterocycles. The van der Waals surface area contributed by atoms with Gasteiger partial charge in [0.1, 0.15) is 5.75 Å². The summed E-state index contributed by atoms with van der Waals surface area (Å²) in [6.45, 7) is 3.25. The Bertz CT molecular complexity index is 369. The van der Waals surface area contributed by atoms with Gasteiger partial charge in [-0.05, 0) is 37.9 Å². The van der Waals surface area contributed by atoms with Gasteiger partial charge in [0, 0.05) is 17.5 Å².